The molecule has 0 aliphatic carbocycles. The van der Waals surface area contributed by atoms with Crippen LogP contribution in [0.2, 0.25) is 0 Å². The number of hydrogen-bond acceptors (Lipinski definition) is 4. The molecule has 2 saturated heterocycles. The number of aryl methyl sites for hydroxylation is 1. The van der Waals surface area contributed by atoms with Crippen molar-refractivity contribution in [1.82, 2.24) is 19.6 Å². The third-order valence-electron chi connectivity index (χ3n) is 6.52. The van der Waals surface area contributed by atoms with Crippen molar-refractivity contribution in [3.8, 4) is 0 Å². The smallest absolute Gasteiger partial charge is 0.248 e. The Labute approximate surface area is 177 Å². The molecule has 3 heterocycles. The molecule has 2 aliphatic rings. The fraction of sp³-hybridized carbons (Fsp3) is 0.522. The van der Waals surface area contributed by atoms with E-state index in [1.807, 2.05) is 52.7 Å². The quantitative estimate of drug-likeness (QED) is 0.732. The van der Waals surface area contributed by atoms with Crippen LogP contribution < -0.4 is 0 Å². The third kappa shape index (κ3) is 3.74. The minimum atomic E-state index is -0.608. The van der Waals surface area contributed by atoms with Crippen LogP contribution in [0.4, 0.5) is 0 Å². The molecule has 1 spiro atoms. The highest BCUT2D eigenvalue weighted by molar-refractivity contribution is 5.87. The van der Waals surface area contributed by atoms with Gasteiger partial charge < -0.3 is 14.5 Å². The summed E-state index contributed by atoms with van der Waals surface area (Å²) in [7, 11) is 1.91. The number of carbonyl (C=O) groups is 2. The van der Waals surface area contributed by atoms with E-state index >= 15 is 0 Å². The number of amides is 2. The van der Waals surface area contributed by atoms with Gasteiger partial charge in [-0.2, -0.15) is 5.10 Å². The second-order valence-electron chi connectivity index (χ2n) is 8.32. The Hall–Kier alpha value is -2.67. The maximum Gasteiger partial charge on any atom is 0.248 e. The van der Waals surface area contributed by atoms with Crippen LogP contribution in [0.3, 0.4) is 0 Å². The van der Waals surface area contributed by atoms with Crippen LogP contribution in [-0.2, 0) is 27.9 Å². The summed E-state index contributed by atoms with van der Waals surface area (Å²) in [5.74, 6) is 0.0334. The van der Waals surface area contributed by atoms with Crippen molar-refractivity contribution >= 4 is 11.8 Å². The Morgan fingerprint density at radius 2 is 2.07 bits per heavy atom. The first-order valence-corrected chi connectivity index (χ1v) is 10.7. The highest BCUT2D eigenvalue weighted by Gasteiger charge is 2.56. The van der Waals surface area contributed by atoms with Gasteiger partial charge in [0.15, 0.2) is 0 Å². The van der Waals surface area contributed by atoms with Crippen LogP contribution in [0.5, 0.6) is 0 Å². The maximum absolute atomic E-state index is 13.9. The van der Waals surface area contributed by atoms with Gasteiger partial charge in [-0.1, -0.05) is 30.3 Å². The lowest BCUT2D eigenvalue weighted by molar-refractivity contribution is -0.148. The maximum atomic E-state index is 13.9. The predicted octanol–water partition coefficient (Wildman–Crippen LogP) is 2.19. The molecular formula is C23H30N4O3. The van der Waals surface area contributed by atoms with E-state index in [-0.39, 0.29) is 24.3 Å². The third-order valence-corrected chi connectivity index (χ3v) is 6.52. The van der Waals surface area contributed by atoms with E-state index in [9.17, 15) is 9.59 Å². The van der Waals surface area contributed by atoms with E-state index < -0.39 is 5.41 Å². The molecule has 2 amide bonds. The number of hydrogen-bond donors (Lipinski definition) is 0. The summed E-state index contributed by atoms with van der Waals surface area (Å²) in [6.45, 7) is 4.76. The molecule has 160 valence electrons. The SMILES string of the molecule is CCOCC(=O)N1C[C@@H](c2ccnn2C)[C@@]2(CCCN(Cc3ccccc3)C2=O)C1. The number of ether oxygens (including phenoxy) is 1. The average molecular weight is 411 g/mol. The molecule has 0 saturated carbocycles. The molecule has 1 aromatic heterocycles. The first-order chi connectivity index (χ1) is 14.5. The molecule has 1 aromatic carbocycles. The van der Waals surface area contributed by atoms with Gasteiger partial charge in [0.05, 0.1) is 5.41 Å². The molecule has 0 radical (unpaired) electrons. The van der Waals surface area contributed by atoms with Gasteiger partial charge in [-0.15, -0.1) is 0 Å². The van der Waals surface area contributed by atoms with E-state index in [4.69, 9.17) is 4.74 Å². The van der Waals surface area contributed by atoms with E-state index in [0.717, 1.165) is 30.6 Å². The van der Waals surface area contributed by atoms with Crippen LogP contribution >= 0.6 is 0 Å². The number of rotatable bonds is 6. The molecule has 2 fully saturated rings. The molecule has 2 atom stereocenters. The Balaban J connectivity index is 1.64. The molecule has 2 aliphatic heterocycles. The minimum absolute atomic E-state index is 0.0473. The minimum Gasteiger partial charge on any atom is -0.372 e. The lowest BCUT2D eigenvalue weighted by Gasteiger charge is -2.42. The van der Waals surface area contributed by atoms with E-state index in [0.29, 0.717) is 26.2 Å². The van der Waals surface area contributed by atoms with Crippen molar-refractivity contribution in [2.45, 2.75) is 32.2 Å². The van der Waals surface area contributed by atoms with Gasteiger partial charge >= 0.3 is 0 Å². The normalized spacial score (nSPS) is 24.1. The van der Waals surface area contributed by atoms with Crippen molar-refractivity contribution in [2.24, 2.45) is 12.5 Å². The van der Waals surface area contributed by atoms with Gasteiger partial charge in [-0.3, -0.25) is 14.3 Å². The van der Waals surface area contributed by atoms with Crippen molar-refractivity contribution < 1.29 is 14.3 Å². The van der Waals surface area contributed by atoms with Gasteiger partial charge in [-0.05, 0) is 31.4 Å². The molecule has 7 heteroatoms. The van der Waals surface area contributed by atoms with Gasteiger partial charge in [-0.25, -0.2) is 0 Å². The molecule has 7 nitrogen and oxygen atoms in total. The van der Waals surface area contributed by atoms with Gasteiger partial charge in [0.1, 0.15) is 6.61 Å². The second-order valence-corrected chi connectivity index (χ2v) is 8.32. The largest absolute Gasteiger partial charge is 0.372 e. The summed E-state index contributed by atoms with van der Waals surface area (Å²) in [4.78, 5) is 30.4. The first kappa shape index (κ1) is 20.6. The average Bonchev–Trinajstić information content (AvgIpc) is 3.34. The van der Waals surface area contributed by atoms with Gasteiger partial charge in [0.2, 0.25) is 11.8 Å². The van der Waals surface area contributed by atoms with E-state index in [1.165, 1.54) is 0 Å². The summed E-state index contributed by atoms with van der Waals surface area (Å²) in [5, 5.41) is 4.33. The Morgan fingerprint density at radius 1 is 1.27 bits per heavy atom. The molecule has 0 bridgehead atoms. The number of likely N-dealkylation sites (tertiary alicyclic amines) is 2. The fourth-order valence-electron chi connectivity index (χ4n) is 5.02. The van der Waals surface area contributed by atoms with Gasteiger partial charge in [0.25, 0.3) is 0 Å². The molecular weight excluding hydrogens is 380 g/mol. The van der Waals surface area contributed by atoms with Crippen molar-refractivity contribution in [1.29, 1.82) is 0 Å². The van der Waals surface area contributed by atoms with Crippen LogP contribution in [0.1, 0.15) is 36.9 Å². The zero-order valence-electron chi connectivity index (χ0n) is 17.8. The number of carbonyl (C=O) groups excluding carboxylic acids is 2. The van der Waals surface area contributed by atoms with Crippen molar-refractivity contribution in [3.05, 3.63) is 53.9 Å². The summed E-state index contributed by atoms with van der Waals surface area (Å²) in [6.07, 6.45) is 3.48. The molecule has 0 N–H and O–H groups in total. The summed E-state index contributed by atoms with van der Waals surface area (Å²) >= 11 is 0. The predicted molar refractivity (Wildman–Crippen MR) is 113 cm³/mol. The topological polar surface area (TPSA) is 67.7 Å². The fourth-order valence-corrected chi connectivity index (χ4v) is 5.02. The number of benzene rings is 1. The lowest BCUT2D eigenvalue weighted by Crippen LogP contribution is -2.52. The van der Waals surface area contributed by atoms with E-state index in [1.54, 1.807) is 6.20 Å². The zero-order valence-corrected chi connectivity index (χ0v) is 17.8. The van der Waals surface area contributed by atoms with Crippen LogP contribution in [0.25, 0.3) is 0 Å². The molecule has 4 rings (SSSR count). The summed E-state index contributed by atoms with van der Waals surface area (Å²) in [6, 6.07) is 12.1. The molecule has 0 unspecified atom stereocenters. The summed E-state index contributed by atoms with van der Waals surface area (Å²) < 4.78 is 7.20. The van der Waals surface area contributed by atoms with Crippen LogP contribution in [0.15, 0.2) is 42.6 Å². The Morgan fingerprint density at radius 3 is 2.77 bits per heavy atom. The van der Waals surface area contributed by atoms with Gasteiger partial charge in [0, 0.05) is 57.6 Å². The lowest BCUT2D eigenvalue weighted by atomic mass is 9.70. The number of nitrogens with zero attached hydrogens (tertiary/aromatic N) is 4. The number of piperidine rings is 1. The standard InChI is InChI=1S/C23H30N4O3/c1-3-30-16-21(28)27-15-19(20-10-12-24-25(20)2)23(17-27)11-7-13-26(22(23)29)14-18-8-5-4-6-9-18/h4-6,8-10,12,19H,3,7,11,13-17H2,1-2H3/t19-,23+/m0/s1. The van der Waals surface area contributed by atoms with Crippen LogP contribution in [0, 0.1) is 5.41 Å². The van der Waals surface area contributed by atoms with Crippen molar-refractivity contribution in [2.75, 3.05) is 32.8 Å². The summed E-state index contributed by atoms with van der Waals surface area (Å²) in [5.41, 5.74) is 1.53. The zero-order chi connectivity index (χ0) is 21.1. The van der Waals surface area contributed by atoms with E-state index in [2.05, 4.69) is 17.2 Å². The number of aromatic nitrogens is 2. The van der Waals surface area contributed by atoms with Crippen LogP contribution in [-0.4, -0.2) is 64.2 Å². The molecule has 2 aromatic rings. The monoisotopic (exact) mass is 410 g/mol. The highest BCUT2D eigenvalue weighted by atomic mass is 16.5. The van der Waals surface area contributed by atoms with Crippen molar-refractivity contribution in [3.63, 3.8) is 0 Å². The molecule has 30 heavy (non-hydrogen) atoms. The Kier molecular flexibility index (Phi) is 5.90. The highest BCUT2D eigenvalue weighted by Crippen LogP contribution is 2.49. The Bertz CT molecular complexity index is 897. The second kappa shape index (κ2) is 8.60. The first-order valence-electron chi connectivity index (χ1n) is 10.7.